The number of sulfonamides is 1. The fraction of sp³-hybridized carbons (Fsp3) is 0.316. The van der Waals surface area contributed by atoms with Crippen molar-refractivity contribution < 1.29 is 12.8 Å². The second kappa shape index (κ2) is 7.85. The Bertz CT molecular complexity index is 991. The van der Waals surface area contributed by atoms with Crippen molar-refractivity contribution in [3.8, 4) is 6.07 Å². The maximum absolute atomic E-state index is 14.2. The summed E-state index contributed by atoms with van der Waals surface area (Å²) in [5.41, 5.74) is 1.59. The van der Waals surface area contributed by atoms with Crippen LogP contribution in [-0.4, -0.2) is 38.1 Å². The zero-order valence-electron chi connectivity index (χ0n) is 14.8. The molecule has 3 rings (SSSR count). The molecule has 0 aromatic heterocycles. The highest BCUT2D eigenvalue weighted by molar-refractivity contribution is 7.88. The van der Waals surface area contributed by atoms with Crippen LogP contribution in [0.25, 0.3) is 0 Å². The Labute approximate surface area is 163 Å². The van der Waals surface area contributed by atoms with Gasteiger partial charge in [0.15, 0.2) is 0 Å². The summed E-state index contributed by atoms with van der Waals surface area (Å²) in [6, 6.07) is 13.4. The van der Waals surface area contributed by atoms with E-state index in [1.165, 1.54) is 16.6 Å². The Morgan fingerprint density at radius 3 is 2.67 bits per heavy atom. The number of nitriles is 1. The number of benzene rings is 2. The van der Waals surface area contributed by atoms with E-state index < -0.39 is 10.0 Å². The van der Waals surface area contributed by atoms with Gasteiger partial charge in [0, 0.05) is 36.9 Å². The lowest BCUT2D eigenvalue weighted by Crippen LogP contribution is -2.38. The van der Waals surface area contributed by atoms with E-state index in [1.807, 2.05) is 11.0 Å². The zero-order valence-corrected chi connectivity index (χ0v) is 16.3. The van der Waals surface area contributed by atoms with Gasteiger partial charge in [-0.15, -0.1) is 0 Å². The molecule has 1 unspecified atom stereocenters. The van der Waals surface area contributed by atoms with E-state index in [-0.39, 0.29) is 18.4 Å². The normalized spacial score (nSPS) is 17.6. The van der Waals surface area contributed by atoms with Crippen molar-refractivity contribution in [2.45, 2.75) is 19.0 Å². The Balaban J connectivity index is 1.96. The Morgan fingerprint density at radius 1 is 1.33 bits per heavy atom. The summed E-state index contributed by atoms with van der Waals surface area (Å²) in [5.74, 6) is -0.319. The second-order valence-electron chi connectivity index (χ2n) is 6.56. The van der Waals surface area contributed by atoms with Gasteiger partial charge in [0.25, 0.3) is 0 Å². The maximum atomic E-state index is 14.2. The molecule has 1 atom stereocenters. The molecule has 2 aromatic carbocycles. The van der Waals surface area contributed by atoms with Gasteiger partial charge in [-0.1, -0.05) is 29.8 Å². The quantitative estimate of drug-likeness (QED) is 0.762. The first kappa shape index (κ1) is 19.6. The minimum atomic E-state index is -3.29. The number of hydrogen-bond donors (Lipinski definition) is 0. The highest BCUT2D eigenvalue weighted by Gasteiger charge is 2.33. The van der Waals surface area contributed by atoms with E-state index in [4.69, 9.17) is 16.9 Å². The second-order valence-corrected chi connectivity index (χ2v) is 8.95. The van der Waals surface area contributed by atoms with Gasteiger partial charge < -0.3 is 4.90 Å². The maximum Gasteiger partial charge on any atom is 0.211 e. The minimum absolute atomic E-state index is 0.122. The van der Waals surface area contributed by atoms with Crippen molar-refractivity contribution in [2.75, 3.05) is 24.2 Å². The Morgan fingerprint density at radius 2 is 2.07 bits per heavy atom. The van der Waals surface area contributed by atoms with Gasteiger partial charge in [0.2, 0.25) is 10.0 Å². The zero-order chi connectivity index (χ0) is 19.6. The van der Waals surface area contributed by atoms with Crippen LogP contribution < -0.4 is 4.90 Å². The van der Waals surface area contributed by atoms with E-state index >= 15 is 0 Å². The summed E-state index contributed by atoms with van der Waals surface area (Å²) in [6.45, 7) is 1.02. The highest BCUT2D eigenvalue weighted by atomic mass is 35.5. The van der Waals surface area contributed by atoms with Gasteiger partial charge in [-0.25, -0.2) is 17.1 Å². The van der Waals surface area contributed by atoms with Gasteiger partial charge in [-0.05, 0) is 30.7 Å². The van der Waals surface area contributed by atoms with Crippen molar-refractivity contribution in [3.05, 3.63) is 64.4 Å². The smallest absolute Gasteiger partial charge is 0.211 e. The van der Waals surface area contributed by atoms with Crippen LogP contribution in [0.15, 0.2) is 42.5 Å². The largest absolute Gasteiger partial charge is 0.363 e. The number of hydrogen-bond acceptors (Lipinski definition) is 4. The van der Waals surface area contributed by atoms with Crippen molar-refractivity contribution in [2.24, 2.45) is 0 Å². The summed E-state index contributed by atoms with van der Waals surface area (Å²) in [7, 11) is -3.29. The molecule has 0 radical (unpaired) electrons. The lowest BCUT2D eigenvalue weighted by molar-refractivity contribution is 0.472. The number of rotatable bonds is 5. The molecule has 1 aliphatic rings. The first-order valence-electron chi connectivity index (χ1n) is 8.44. The van der Waals surface area contributed by atoms with Gasteiger partial charge in [-0.3, -0.25) is 0 Å². The molecule has 0 saturated carbocycles. The lowest BCUT2D eigenvalue weighted by atomic mass is 10.1. The topological polar surface area (TPSA) is 64.4 Å². The van der Waals surface area contributed by atoms with Gasteiger partial charge in [0.1, 0.15) is 11.9 Å². The number of halogens is 2. The summed E-state index contributed by atoms with van der Waals surface area (Å²) in [4.78, 5) is 1.95. The van der Waals surface area contributed by atoms with Crippen LogP contribution in [0.2, 0.25) is 5.02 Å². The molecule has 1 fully saturated rings. The minimum Gasteiger partial charge on any atom is -0.363 e. The van der Waals surface area contributed by atoms with Gasteiger partial charge >= 0.3 is 0 Å². The number of nitrogens with zero attached hydrogens (tertiary/aromatic N) is 3. The van der Waals surface area contributed by atoms with Gasteiger partial charge in [0.05, 0.1) is 16.8 Å². The van der Waals surface area contributed by atoms with Crippen LogP contribution in [-0.2, 0) is 16.6 Å². The summed E-state index contributed by atoms with van der Waals surface area (Å²) >= 11 is 6.19. The molecule has 142 valence electrons. The van der Waals surface area contributed by atoms with Crippen molar-refractivity contribution >= 4 is 27.3 Å². The molecule has 1 aliphatic heterocycles. The molecule has 0 amide bonds. The predicted molar refractivity (Wildman–Crippen MR) is 104 cm³/mol. The predicted octanol–water partition coefficient (Wildman–Crippen LogP) is 3.39. The van der Waals surface area contributed by atoms with Gasteiger partial charge in [-0.2, -0.15) is 5.26 Å². The number of anilines is 1. The first-order valence-corrected chi connectivity index (χ1v) is 10.7. The van der Waals surface area contributed by atoms with Crippen LogP contribution in [0.1, 0.15) is 17.5 Å². The molecule has 27 heavy (non-hydrogen) atoms. The monoisotopic (exact) mass is 407 g/mol. The van der Waals surface area contributed by atoms with Crippen LogP contribution >= 0.6 is 11.6 Å². The van der Waals surface area contributed by atoms with Crippen LogP contribution in [0.5, 0.6) is 0 Å². The third kappa shape index (κ3) is 4.41. The molecule has 1 heterocycles. The first-order chi connectivity index (χ1) is 12.8. The standard InChI is InChI=1S/C19H19ClFN3O2S/c1-27(25,26)23-9-8-17(13-23)24(12-15-4-2-3-5-19(15)21)16-7-6-14(11-22)18(20)10-16/h2-7,10,17H,8-9,12-13H2,1H3. The van der Waals surface area contributed by atoms with Crippen LogP contribution in [0.4, 0.5) is 10.1 Å². The van der Waals surface area contributed by atoms with Crippen LogP contribution in [0, 0.1) is 17.1 Å². The van der Waals surface area contributed by atoms with Crippen molar-refractivity contribution in [3.63, 3.8) is 0 Å². The van der Waals surface area contributed by atoms with E-state index in [0.717, 1.165) is 5.69 Å². The molecule has 0 N–H and O–H groups in total. The highest BCUT2D eigenvalue weighted by Crippen LogP contribution is 2.30. The Kier molecular flexibility index (Phi) is 5.70. The molecule has 5 nitrogen and oxygen atoms in total. The SMILES string of the molecule is CS(=O)(=O)N1CCC(N(Cc2ccccc2F)c2ccc(C#N)c(Cl)c2)C1. The van der Waals surface area contributed by atoms with Crippen molar-refractivity contribution in [1.82, 2.24) is 4.31 Å². The summed E-state index contributed by atoms with van der Waals surface area (Å²) in [5, 5.41) is 9.40. The van der Waals surface area contributed by atoms with E-state index in [0.29, 0.717) is 35.7 Å². The van der Waals surface area contributed by atoms with E-state index in [9.17, 15) is 12.8 Å². The Hall–Kier alpha value is -2.14. The molecule has 2 aromatic rings. The summed E-state index contributed by atoms with van der Waals surface area (Å²) in [6.07, 6.45) is 1.81. The molecule has 0 spiro atoms. The lowest BCUT2D eigenvalue weighted by Gasteiger charge is -2.31. The van der Waals surface area contributed by atoms with E-state index in [1.54, 1.807) is 36.4 Å². The fourth-order valence-electron chi connectivity index (χ4n) is 3.28. The van der Waals surface area contributed by atoms with Crippen molar-refractivity contribution in [1.29, 1.82) is 5.26 Å². The fourth-order valence-corrected chi connectivity index (χ4v) is 4.38. The molecular weight excluding hydrogens is 389 g/mol. The summed E-state index contributed by atoms with van der Waals surface area (Å²) < 4.78 is 39.4. The molecule has 1 saturated heterocycles. The molecule has 0 bridgehead atoms. The average molecular weight is 408 g/mol. The van der Waals surface area contributed by atoms with Crippen LogP contribution in [0.3, 0.4) is 0 Å². The third-order valence-electron chi connectivity index (χ3n) is 4.74. The molecular formula is C19H19ClFN3O2S. The molecule has 8 heteroatoms. The third-order valence-corrected chi connectivity index (χ3v) is 6.32. The average Bonchev–Trinajstić information content (AvgIpc) is 3.11. The molecule has 0 aliphatic carbocycles. The van der Waals surface area contributed by atoms with E-state index in [2.05, 4.69) is 0 Å².